The van der Waals surface area contributed by atoms with Crippen LogP contribution in [-0.2, 0) is 0 Å². The van der Waals surface area contributed by atoms with Crippen LogP contribution in [0.2, 0.25) is 0 Å². The van der Waals surface area contributed by atoms with Crippen LogP contribution in [0.4, 0.5) is 11.6 Å². The molecule has 7 heteroatoms. The van der Waals surface area contributed by atoms with Gasteiger partial charge in [-0.1, -0.05) is 20.8 Å². The first-order chi connectivity index (χ1) is 14.3. The first kappa shape index (κ1) is 20.3. The summed E-state index contributed by atoms with van der Waals surface area (Å²) in [5.41, 5.74) is 16.3. The molecule has 5 N–H and O–H groups in total. The number of hydrogen-bond acceptors (Lipinski definition) is 6. The Morgan fingerprint density at radius 1 is 1.27 bits per heavy atom. The quantitative estimate of drug-likeness (QED) is 0.589. The van der Waals surface area contributed by atoms with Crippen molar-refractivity contribution < 1.29 is 9.21 Å². The molecular formula is C23H29N5O2. The molecule has 1 aliphatic rings. The summed E-state index contributed by atoms with van der Waals surface area (Å²) in [4.78, 5) is 21.8. The lowest BCUT2D eigenvalue weighted by Crippen LogP contribution is -2.31. The molecular weight excluding hydrogens is 378 g/mol. The number of rotatable bonds is 4. The van der Waals surface area contributed by atoms with E-state index in [1.807, 2.05) is 12.1 Å². The summed E-state index contributed by atoms with van der Waals surface area (Å²) >= 11 is 0. The second-order valence-corrected chi connectivity index (χ2v) is 8.80. The Morgan fingerprint density at radius 2 is 2.07 bits per heavy atom. The molecule has 3 heterocycles. The number of anilines is 2. The maximum atomic E-state index is 13.1. The van der Waals surface area contributed by atoms with E-state index in [-0.39, 0.29) is 29.3 Å². The van der Waals surface area contributed by atoms with Crippen molar-refractivity contribution in [2.45, 2.75) is 57.9 Å². The van der Waals surface area contributed by atoms with Gasteiger partial charge in [0.1, 0.15) is 11.1 Å². The van der Waals surface area contributed by atoms with Crippen LogP contribution in [0.15, 0.2) is 35.1 Å². The van der Waals surface area contributed by atoms with Gasteiger partial charge in [0.15, 0.2) is 5.58 Å². The number of nitrogens with two attached hydrogens (primary N) is 2. The summed E-state index contributed by atoms with van der Waals surface area (Å²) < 4.78 is 5.65. The van der Waals surface area contributed by atoms with Gasteiger partial charge in [0.25, 0.3) is 5.91 Å². The van der Waals surface area contributed by atoms with Gasteiger partial charge in [-0.2, -0.15) is 0 Å². The number of carbonyl (C=O) groups is 1. The van der Waals surface area contributed by atoms with Gasteiger partial charge in [0.05, 0.1) is 11.9 Å². The van der Waals surface area contributed by atoms with E-state index in [0.717, 1.165) is 30.4 Å². The summed E-state index contributed by atoms with van der Waals surface area (Å²) in [6.45, 7) is 6.37. The number of amides is 1. The normalized spacial score (nSPS) is 21.8. The lowest BCUT2D eigenvalue weighted by atomic mass is 9.76. The molecule has 158 valence electrons. The molecule has 0 spiro atoms. The molecule has 0 unspecified atom stereocenters. The number of carbonyl (C=O) groups excluding carboxylic acids is 1. The Balaban J connectivity index is 1.65. The number of hydrogen-bond donors (Lipinski definition) is 3. The Bertz CT molecular complexity index is 1060. The van der Waals surface area contributed by atoms with Crippen LogP contribution in [0.25, 0.3) is 11.1 Å². The standard InChI is InChI=1S/C23H29N5O2/c1-12(2)15-9-19-21(27-10-15)20(22(25)30-19)23(29)28-18-11-26-5-4-17(18)14-6-13(3)7-16(24)8-14/h4-5,9-14,16H,6-8,24-25H2,1-3H3,(H,28,29)/t13-,14+,16+/m1/s1. The van der Waals surface area contributed by atoms with Crippen molar-refractivity contribution in [3.05, 3.63) is 47.4 Å². The van der Waals surface area contributed by atoms with Crippen molar-refractivity contribution in [1.82, 2.24) is 9.97 Å². The molecule has 3 aromatic rings. The molecule has 0 aliphatic heterocycles. The Labute approximate surface area is 176 Å². The van der Waals surface area contributed by atoms with Crippen molar-refractivity contribution in [1.29, 1.82) is 0 Å². The van der Waals surface area contributed by atoms with E-state index in [1.54, 1.807) is 18.6 Å². The molecule has 30 heavy (non-hydrogen) atoms. The van der Waals surface area contributed by atoms with E-state index in [2.05, 4.69) is 36.1 Å². The van der Waals surface area contributed by atoms with Crippen LogP contribution in [0.5, 0.6) is 0 Å². The lowest BCUT2D eigenvalue weighted by Gasteiger charge is -2.32. The number of nitrogens with zero attached hydrogens (tertiary/aromatic N) is 2. The third-order valence-corrected chi connectivity index (χ3v) is 5.99. The summed E-state index contributed by atoms with van der Waals surface area (Å²) in [7, 11) is 0. The van der Waals surface area contributed by atoms with Crippen molar-refractivity contribution in [2.75, 3.05) is 11.1 Å². The van der Waals surface area contributed by atoms with Crippen LogP contribution in [0, 0.1) is 5.92 Å². The van der Waals surface area contributed by atoms with Crippen LogP contribution >= 0.6 is 0 Å². The van der Waals surface area contributed by atoms with Crippen molar-refractivity contribution in [3.8, 4) is 0 Å². The Morgan fingerprint density at radius 3 is 2.80 bits per heavy atom. The number of aromatic nitrogens is 2. The van der Waals surface area contributed by atoms with Gasteiger partial charge in [-0.3, -0.25) is 14.8 Å². The summed E-state index contributed by atoms with van der Waals surface area (Å²) in [6.07, 6.45) is 8.17. The highest BCUT2D eigenvalue weighted by atomic mass is 16.3. The minimum absolute atomic E-state index is 0.0645. The third-order valence-electron chi connectivity index (χ3n) is 5.99. The molecule has 7 nitrogen and oxygen atoms in total. The fourth-order valence-corrected chi connectivity index (χ4v) is 4.51. The SMILES string of the molecule is CC(C)c1cnc2c(C(=O)Nc3cnccc3[C@H]3C[C@@H](C)C[C@H](N)C3)c(N)oc2c1. The number of nitrogen functional groups attached to an aromatic ring is 1. The second kappa shape index (κ2) is 8.07. The zero-order valence-corrected chi connectivity index (χ0v) is 17.7. The molecule has 0 radical (unpaired) electrons. The predicted molar refractivity (Wildman–Crippen MR) is 118 cm³/mol. The topological polar surface area (TPSA) is 120 Å². The minimum atomic E-state index is -0.349. The maximum absolute atomic E-state index is 13.1. The molecule has 1 aliphatic carbocycles. The molecule has 1 amide bonds. The zero-order chi connectivity index (χ0) is 21.4. The zero-order valence-electron chi connectivity index (χ0n) is 17.7. The molecule has 0 bridgehead atoms. The van der Waals surface area contributed by atoms with Crippen LogP contribution < -0.4 is 16.8 Å². The van der Waals surface area contributed by atoms with E-state index >= 15 is 0 Å². The van der Waals surface area contributed by atoms with Gasteiger partial charge in [-0.15, -0.1) is 0 Å². The summed E-state index contributed by atoms with van der Waals surface area (Å²) in [6, 6.07) is 4.03. The second-order valence-electron chi connectivity index (χ2n) is 8.80. The first-order valence-corrected chi connectivity index (χ1v) is 10.5. The van der Waals surface area contributed by atoms with Gasteiger partial charge in [0.2, 0.25) is 5.88 Å². The van der Waals surface area contributed by atoms with Crippen LogP contribution in [-0.4, -0.2) is 21.9 Å². The fourth-order valence-electron chi connectivity index (χ4n) is 4.51. The highest BCUT2D eigenvalue weighted by Gasteiger charge is 2.28. The average molecular weight is 408 g/mol. The largest absolute Gasteiger partial charge is 0.438 e. The molecule has 3 aromatic heterocycles. The number of nitrogens with one attached hydrogen (secondary N) is 1. The number of pyridine rings is 2. The Hall–Kier alpha value is -2.93. The molecule has 1 saturated carbocycles. The monoisotopic (exact) mass is 407 g/mol. The number of fused-ring (bicyclic) bond motifs is 1. The third kappa shape index (κ3) is 3.89. The van der Waals surface area contributed by atoms with E-state index in [9.17, 15) is 4.79 Å². The van der Waals surface area contributed by atoms with Crippen LogP contribution in [0.1, 0.15) is 73.4 Å². The van der Waals surface area contributed by atoms with Crippen LogP contribution in [0.3, 0.4) is 0 Å². The van der Waals surface area contributed by atoms with Gasteiger partial charge >= 0.3 is 0 Å². The van der Waals surface area contributed by atoms with Gasteiger partial charge < -0.3 is 21.2 Å². The van der Waals surface area contributed by atoms with Crippen molar-refractivity contribution in [3.63, 3.8) is 0 Å². The molecule has 0 aromatic carbocycles. The maximum Gasteiger partial charge on any atom is 0.263 e. The highest BCUT2D eigenvalue weighted by molar-refractivity contribution is 6.14. The van der Waals surface area contributed by atoms with Gasteiger partial charge in [-0.05, 0) is 60.3 Å². The number of furan rings is 1. The van der Waals surface area contributed by atoms with E-state index in [4.69, 9.17) is 15.9 Å². The van der Waals surface area contributed by atoms with E-state index in [0.29, 0.717) is 28.6 Å². The molecule has 4 rings (SSSR count). The molecule has 0 saturated heterocycles. The summed E-state index contributed by atoms with van der Waals surface area (Å²) in [5.74, 6) is 0.844. The highest BCUT2D eigenvalue weighted by Crippen LogP contribution is 2.38. The van der Waals surface area contributed by atoms with E-state index < -0.39 is 0 Å². The van der Waals surface area contributed by atoms with Gasteiger partial charge in [0, 0.05) is 18.4 Å². The predicted octanol–water partition coefficient (Wildman–Crippen LogP) is 4.41. The average Bonchev–Trinajstić information content (AvgIpc) is 3.02. The van der Waals surface area contributed by atoms with Gasteiger partial charge in [-0.25, -0.2) is 0 Å². The lowest BCUT2D eigenvalue weighted by molar-refractivity contribution is 0.102. The minimum Gasteiger partial charge on any atom is -0.438 e. The summed E-state index contributed by atoms with van der Waals surface area (Å²) in [5, 5.41) is 2.99. The van der Waals surface area contributed by atoms with E-state index in [1.165, 1.54) is 0 Å². The fraction of sp³-hybridized carbons (Fsp3) is 0.435. The molecule has 3 atom stereocenters. The molecule has 1 fully saturated rings. The van der Waals surface area contributed by atoms with Crippen molar-refractivity contribution in [2.24, 2.45) is 11.7 Å². The van der Waals surface area contributed by atoms with Crippen molar-refractivity contribution >= 4 is 28.6 Å². The smallest absolute Gasteiger partial charge is 0.263 e. The Kier molecular flexibility index (Phi) is 5.47. The first-order valence-electron chi connectivity index (χ1n) is 10.5.